The summed E-state index contributed by atoms with van der Waals surface area (Å²) in [5.74, 6) is -1.21. The number of hydrogen-bond acceptors (Lipinski definition) is 8. The highest BCUT2D eigenvalue weighted by Crippen LogP contribution is 2.42. The fourth-order valence-electron chi connectivity index (χ4n) is 4.28. The van der Waals surface area contributed by atoms with Gasteiger partial charge in [0, 0.05) is 29.9 Å². The van der Waals surface area contributed by atoms with Gasteiger partial charge in [0.15, 0.2) is 5.01 Å². The Bertz CT molecular complexity index is 1180. The summed E-state index contributed by atoms with van der Waals surface area (Å²) in [6.07, 6.45) is -2.17. The lowest BCUT2D eigenvalue weighted by atomic mass is 9.99. The Morgan fingerprint density at radius 1 is 1.30 bits per heavy atom. The number of hydrogen-bond donors (Lipinski definition) is 3. The number of aliphatic hydroxyl groups excluding tert-OH is 1. The first kappa shape index (κ1) is 27.3. The first-order chi connectivity index (χ1) is 17.2. The van der Waals surface area contributed by atoms with Crippen molar-refractivity contribution in [2.24, 2.45) is 0 Å². The second-order valence-electron chi connectivity index (χ2n) is 10.6. The van der Waals surface area contributed by atoms with Crippen LogP contribution in [0.1, 0.15) is 66.4 Å². The van der Waals surface area contributed by atoms with Crippen molar-refractivity contribution in [2.75, 3.05) is 31.7 Å². The van der Waals surface area contributed by atoms with Crippen LogP contribution in [0, 0.1) is 0 Å². The maximum Gasteiger partial charge on any atom is 0.417 e. The van der Waals surface area contributed by atoms with Gasteiger partial charge in [0.1, 0.15) is 17.1 Å². The van der Waals surface area contributed by atoms with Gasteiger partial charge in [-0.25, -0.2) is 9.97 Å². The number of nitrogens with one attached hydrogen (secondary N) is 2. The van der Waals surface area contributed by atoms with Crippen LogP contribution in [0.25, 0.3) is 10.4 Å². The van der Waals surface area contributed by atoms with Gasteiger partial charge in [0.25, 0.3) is 11.8 Å². The molecule has 0 unspecified atom stereocenters. The van der Waals surface area contributed by atoms with Crippen molar-refractivity contribution in [1.82, 2.24) is 20.2 Å². The van der Waals surface area contributed by atoms with Crippen molar-refractivity contribution in [2.45, 2.75) is 63.8 Å². The third-order valence-electron chi connectivity index (χ3n) is 6.23. The first-order valence-electron chi connectivity index (χ1n) is 11.9. The van der Waals surface area contributed by atoms with Gasteiger partial charge in [-0.15, -0.1) is 11.3 Å². The largest absolute Gasteiger partial charge is 0.417 e. The Kier molecular flexibility index (Phi) is 7.25. The summed E-state index contributed by atoms with van der Waals surface area (Å²) in [5, 5.41) is 15.0. The summed E-state index contributed by atoms with van der Waals surface area (Å²) in [7, 11) is 0. The van der Waals surface area contributed by atoms with E-state index in [1.54, 1.807) is 25.7 Å². The van der Waals surface area contributed by atoms with Crippen LogP contribution in [0.4, 0.5) is 19.0 Å². The van der Waals surface area contributed by atoms with Crippen molar-refractivity contribution in [3.8, 4) is 10.4 Å². The summed E-state index contributed by atoms with van der Waals surface area (Å²) in [5.41, 5.74) is -3.07. The standard InChI is InChI=1S/C24H30F3N5O4S/c1-13-6-5-7-32(13)21(35)17-18(37-20(29-17)19(34)31-23(10-33)11-36-12-23)14-9-28-16(30-22(2,3)4)8-15(14)24(25,26)27/h8-9,13,33H,5-7,10-12H2,1-4H3,(H,28,30)(H,31,34)/t13-/m0/s1. The van der Waals surface area contributed by atoms with Gasteiger partial charge in [0.05, 0.1) is 30.3 Å². The lowest BCUT2D eigenvalue weighted by Crippen LogP contribution is -2.64. The summed E-state index contributed by atoms with van der Waals surface area (Å²) >= 11 is 0.691. The van der Waals surface area contributed by atoms with Crippen LogP contribution >= 0.6 is 11.3 Å². The highest BCUT2D eigenvalue weighted by atomic mass is 32.1. The topological polar surface area (TPSA) is 117 Å². The molecular formula is C24H30F3N5O4S. The molecule has 2 aromatic heterocycles. The molecule has 3 N–H and O–H groups in total. The lowest BCUT2D eigenvalue weighted by Gasteiger charge is -2.40. The number of pyridine rings is 1. The Hall–Kier alpha value is -2.77. The fourth-order valence-corrected chi connectivity index (χ4v) is 5.26. The molecule has 0 aromatic carbocycles. The Morgan fingerprint density at radius 2 is 2.00 bits per heavy atom. The predicted octanol–water partition coefficient (Wildman–Crippen LogP) is 3.55. The van der Waals surface area contributed by atoms with Crippen LogP contribution in [-0.4, -0.2) is 75.3 Å². The molecule has 2 saturated heterocycles. The monoisotopic (exact) mass is 541 g/mol. The number of carbonyl (C=O) groups excluding carboxylic acids is 2. The van der Waals surface area contributed by atoms with Crippen molar-refractivity contribution < 1.29 is 32.6 Å². The Labute approximate surface area is 216 Å². The molecule has 4 rings (SSSR count). The van der Waals surface area contributed by atoms with E-state index in [-0.39, 0.29) is 52.8 Å². The number of aliphatic hydroxyl groups is 1. The molecule has 4 heterocycles. The summed E-state index contributed by atoms with van der Waals surface area (Å²) < 4.78 is 47.8. The summed E-state index contributed by atoms with van der Waals surface area (Å²) in [6, 6.07) is 0.793. The molecule has 1 atom stereocenters. The third kappa shape index (κ3) is 5.73. The molecule has 37 heavy (non-hydrogen) atoms. The van der Waals surface area contributed by atoms with Crippen molar-refractivity contribution in [3.63, 3.8) is 0 Å². The smallest absolute Gasteiger partial charge is 0.394 e. The average Bonchev–Trinajstić information content (AvgIpc) is 3.41. The molecule has 0 radical (unpaired) electrons. The van der Waals surface area contributed by atoms with Crippen LogP contribution in [0.15, 0.2) is 12.3 Å². The molecule has 2 aliphatic heterocycles. The van der Waals surface area contributed by atoms with E-state index in [2.05, 4.69) is 20.6 Å². The Morgan fingerprint density at radius 3 is 2.51 bits per heavy atom. The Balaban J connectivity index is 1.81. The lowest BCUT2D eigenvalue weighted by molar-refractivity contribution is -0.137. The van der Waals surface area contributed by atoms with E-state index in [0.29, 0.717) is 17.9 Å². The quantitative estimate of drug-likeness (QED) is 0.512. The average molecular weight is 542 g/mol. The SMILES string of the molecule is C[C@H]1CCCN1C(=O)c1nc(C(=O)NC2(CO)COC2)sc1-c1cnc(NC(C)(C)C)cc1C(F)(F)F. The molecule has 13 heteroatoms. The zero-order valence-corrected chi connectivity index (χ0v) is 21.8. The molecule has 0 spiro atoms. The molecule has 2 amide bonds. The van der Waals surface area contributed by atoms with E-state index in [9.17, 15) is 27.9 Å². The highest BCUT2D eigenvalue weighted by molar-refractivity contribution is 7.17. The number of rotatable bonds is 6. The van der Waals surface area contributed by atoms with E-state index in [4.69, 9.17) is 4.74 Å². The molecule has 9 nitrogen and oxygen atoms in total. The number of thiazole rings is 1. The first-order valence-corrected chi connectivity index (χ1v) is 12.7. The van der Waals surface area contributed by atoms with Crippen molar-refractivity contribution in [1.29, 1.82) is 0 Å². The molecule has 0 saturated carbocycles. The van der Waals surface area contributed by atoms with Gasteiger partial charge in [-0.1, -0.05) is 0 Å². The number of amides is 2. The molecule has 0 aliphatic carbocycles. The molecule has 202 valence electrons. The van der Waals surface area contributed by atoms with Crippen LogP contribution < -0.4 is 10.6 Å². The molecular weight excluding hydrogens is 511 g/mol. The maximum atomic E-state index is 14.2. The molecule has 0 bridgehead atoms. The summed E-state index contributed by atoms with van der Waals surface area (Å²) in [6.45, 7) is 7.51. The van der Waals surface area contributed by atoms with Gasteiger partial charge in [0.2, 0.25) is 0 Å². The van der Waals surface area contributed by atoms with Gasteiger partial charge in [-0.2, -0.15) is 13.2 Å². The van der Waals surface area contributed by atoms with Crippen LogP contribution in [0.5, 0.6) is 0 Å². The van der Waals surface area contributed by atoms with Crippen molar-refractivity contribution >= 4 is 29.0 Å². The number of likely N-dealkylation sites (tertiary alicyclic amines) is 1. The van der Waals surface area contributed by atoms with Crippen LogP contribution in [0.3, 0.4) is 0 Å². The second-order valence-corrected chi connectivity index (χ2v) is 11.6. The number of aromatic nitrogens is 2. The van der Waals surface area contributed by atoms with E-state index in [1.807, 2.05) is 6.92 Å². The number of nitrogens with zero attached hydrogens (tertiary/aromatic N) is 3. The fraction of sp³-hybridized carbons (Fsp3) is 0.583. The second kappa shape index (κ2) is 9.84. The van der Waals surface area contributed by atoms with Crippen molar-refractivity contribution in [3.05, 3.63) is 28.5 Å². The number of alkyl halides is 3. The number of ether oxygens (including phenoxy) is 1. The highest BCUT2D eigenvalue weighted by Gasteiger charge is 2.42. The number of anilines is 1. The minimum absolute atomic E-state index is 0.0296. The van der Waals surface area contributed by atoms with E-state index in [1.165, 1.54) is 0 Å². The van der Waals surface area contributed by atoms with Crippen LogP contribution in [0.2, 0.25) is 0 Å². The van der Waals surface area contributed by atoms with Gasteiger partial charge >= 0.3 is 6.18 Å². The number of carbonyl (C=O) groups is 2. The number of halogens is 3. The normalized spacial score (nSPS) is 19.5. The zero-order valence-electron chi connectivity index (χ0n) is 21.0. The van der Waals surface area contributed by atoms with Gasteiger partial charge in [-0.3, -0.25) is 9.59 Å². The zero-order chi connectivity index (χ0) is 27.2. The van der Waals surface area contributed by atoms with E-state index >= 15 is 0 Å². The molecule has 2 fully saturated rings. The van der Waals surface area contributed by atoms with Crippen LogP contribution in [-0.2, 0) is 10.9 Å². The van der Waals surface area contributed by atoms with E-state index in [0.717, 1.165) is 25.1 Å². The van der Waals surface area contributed by atoms with E-state index < -0.39 is 34.6 Å². The maximum absolute atomic E-state index is 14.2. The minimum Gasteiger partial charge on any atom is -0.394 e. The predicted molar refractivity (Wildman–Crippen MR) is 132 cm³/mol. The molecule has 2 aliphatic rings. The van der Waals surface area contributed by atoms with Gasteiger partial charge < -0.3 is 25.4 Å². The third-order valence-corrected chi connectivity index (χ3v) is 7.32. The molecule has 2 aromatic rings. The van der Waals surface area contributed by atoms with Gasteiger partial charge in [-0.05, 0) is 46.6 Å². The summed E-state index contributed by atoms with van der Waals surface area (Å²) in [4.78, 5) is 36.4. The minimum atomic E-state index is -4.76.